The lowest BCUT2D eigenvalue weighted by Crippen LogP contribution is -1.99. The van der Waals surface area contributed by atoms with Gasteiger partial charge in [0.15, 0.2) is 0 Å². The highest BCUT2D eigenvalue weighted by atomic mass is 14.6. The van der Waals surface area contributed by atoms with E-state index in [1.54, 1.807) is 0 Å². The second-order valence-electron chi connectivity index (χ2n) is 5.14. The monoisotopic (exact) mass is 229 g/mol. The van der Waals surface area contributed by atoms with Crippen LogP contribution in [-0.4, -0.2) is 0 Å². The molecule has 0 heterocycles. The highest BCUT2D eigenvalue weighted by Gasteiger charge is 2.06. The number of rotatable bonds is 0. The molecule has 0 aromatic carbocycles. The summed E-state index contributed by atoms with van der Waals surface area (Å²) in [5, 5.41) is 0. The molecule has 2 rings (SSSR count). The molecule has 0 saturated heterocycles. The molecule has 0 atom stereocenters. The van der Waals surface area contributed by atoms with E-state index in [1.165, 1.54) is 62.5 Å². The summed E-state index contributed by atoms with van der Waals surface area (Å²) in [6, 6.07) is 0. The molecule has 2 aliphatic carbocycles. The molecule has 0 radical (unpaired) electrons. The fourth-order valence-electron chi connectivity index (χ4n) is 2.53. The van der Waals surface area contributed by atoms with Crippen LogP contribution in [0.5, 0.6) is 0 Å². The van der Waals surface area contributed by atoms with Gasteiger partial charge in [0.1, 0.15) is 0 Å². The number of hydrogen-bond acceptors (Lipinski definition) is 1. The molecule has 0 fully saturated rings. The van der Waals surface area contributed by atoms with Gasteiger partial charge in [0, 0.05) is 11.3 Å². The lowest BCUT2D eigenvalue weighted by Gasteiger charge is -2.00. The minimum atomic E-state index is 1.04. The summed E-state index contributed by atoms with van der Waals surface area (Å²) in [6.07, 6.45) is 14.6. The van der Waals surface area contributed by atoms with E-state index in [0.29, 0.717) is 0 Å². The number of hydrogen-bond donors (Lipinski definition) is 1. The fraction of sp³-hybridized carbons (Fsp3) is 0.625. The Bertz CT molecular complexity index is 376. The van der Waals surface area contributed by atoms with Crippen LogP contribution in [0.3, 0.4) is 0 Å². The van der Waals surface area contributed by atoms with E-state index in [9.17, 15) is 0 Å². The van der Waals surface area contributed by atoms with Crippen LogP contribution in [0, 0.1) is 11.8 Å². The first-order valence-corrected chi connectivity index (χ1v) is 7.05. The molecule has 0 bridgehead atoms. The van der Waals surface area contributed by atoms with Crippen LogP contribution in [0.4, 0.5) is 0 Å². The van der Waals surface area contributed by atoms with Crippen LogP contribution in [0.25, 0.3) is 0 Å². The van der Waals surface area contributed by atoms with Gasteiger partial charge in [0.05, 0.1) is 0 Å². The van der Waals surface area contributed by atoms with Gasteiger partial charge >= 0.3 is 0 Å². The van der Waals surface area contributed by atoms with Gasteiger partial charge in [-0.25, -0.2) is 0 Å². The minimum Gasteiger partial charge on any atom is -0.401 e. The third-order valence-electron chi connectivity index (χ3n) is 3.68. The topological polar surface area (TPSA) is 26.0 Å². The standard InChI is InChI=1S/C16H23N/c17-16-11-7-3-6-10-15(16)13-12-14-8-4-1-2-5-9-14/h8H,1-7,9-11,17H2. The van der Waals surface area contributed by atoms with Crippen LogP contribution in [0.1, 0.15) is 64.2 Å². The Morgan fingerprint density at radius 3 is 2.53 bits per heavy atom. The average molecular weight is 229 g/mol. The third-order valence-corrected chi connectivity index (χ3v) is 3.68. The Kier molecular flexibility index (Phi) is 4.74. The predicted molar refractivity (Wildman–Crippen MR) is 73.2 cm³/mol. The van der Waals surface area contributed by atoms with E-state index in [2.05, 4.69) is 17.9 Å². The van der Waals surface area contributed by atoms with Crippen molar-refractivity contribution in [3.05, 3.63) is 22.9 Å². The van der Waals surface area contributed by atoms with Gasteiger partial charge in [-0.3, -0.25) is 0 Å². The van der Waals surface area contributed by atoms with Crippen molar-refractivity contribution in [2.75, 3.05) is 0 Å². The van der Waals surface area contributed by atoms with Crippen molar-refractivity contribution >= 4 is 0 Å². The zero-order chi connectivity index (χ0) is 11.9. The molecule has 17 heavy (non-hydrogen) atoms. The molecule has 2 N–H and O–H groups in total. The van der Waals surface area contributed by atoms with Crippen molar-refractivity contribution in [3.63, 3.8) is 0 Å². The van der Waals surface area contributed by atoms with Gasteiger partial charge in [-0.05, 0) is 56.9 Å². The van der Waals surface area contributed by atoms with Gasteiger partial charge in [-0.2, -0.15) is 0 Å². The molecule has 1 nitrogen and oxygen atoms in total. The zero-order valence-electron chi connectivity index (χ0n) is 10.7. The highest BCUT2D eigenvalue weighted by molar-refractivity contribution is 5.40. The van der Waals surface area contributed by atoms with E-state index in [-0.39, 0.29) is 0 Å². The Hall–Kier alpha value is -1.16. The van der Waals surface area contributed by atoms with Crippen molar-refractivity contribution in [2.24, 2.45) is 5.73 Å². The maximum Gasteiger partial charge on any atom is 0.0211 e. The van der Waals surface area contributed by atoms with Crippen LogP contribution in [0.2, 0.25) is 0 Å². The summed E-state index contributed by atoms with van der Waals surface area (Å²) in [5.74, 6) is 6.71. The smallest absolute Gasteiger partial charge is 0.0211 e. The molecular weight excluding hydrogens is 206 g/mol. The van der Waals surface area contributed by atoms with Crippen molar-refractivity contribution < 1.29 is 0 Å². The van der Waals surface area contributed by atoms with Gasteiger partial charge < -0.3 is 5.73 Å². The number of allylic oxidation sites excluding steroid dienone is 4. The second kappa shape index (κ2) is 6.55. The summed E-state index contributed by atoms with van der Waals surface area (Å²) >= 11 is 0. The fourth-order valence-corrected chi connectivity index (χ4v) is 2.53. The summed E-state index contributed by atoms with van der Waals surface area (Å²) in [4.78, 5) is 0. The lowest BCUT2D eigenvalue weighted by molar-refractivity contribution is 0.707. The SMILES string of the molecule is NC1=C(C#CC2=CCCCCC2)CCCCC1. The summed E-state index contributed by atoms with van der Waals surface area (Å²) < 4.78 is 0. The van der Waals surface area contributed by atoms with E-state index in [0.717, 1.165) is 18.5 Å². The van der Waals surface area contributed by atoms with Crippen LogP contribution >= 0.6 is 0 Å². The Morgan fingerprint density at radius 2 is 1.59 bits per heavy atom. The molecule has 92 valence electrons. The van der Waals surface area contributed by atoms with Crippen LogP contribution < -0.4 is 5.73 Å². The lowest BCUT2D eigenvalue weighted by atomic mass is 10.1. The maximum absolute atomic E-state index is 6.08. The average Bonchev–Trinajstić information content (AvgIpc) is 2.69. The van der Waals surface area contributed by atoms with Crippen molar-refractivity contribution in [2.45, 2.75) is 64.2 Å². The normalized spacial score (nSPS) is 22.0. The van der Waals surface area contributed by atoms with Gasteiger partial charge in [0.2, 0.25) is 0 Å². The van der Waals surface area contributed by atoms with E-state index >= 15 is 0 Å². The van der Waals surface area contributed by atoms with Gasteiger partial charge in [-0.1, -0.05) is 30.8 Å². The van der Waals surface area contributed by atoms with Gasteiger partial charge in [0.25, 0.3) is 0 Å². The predicted octanol–water partition coefficient (Wildman–Crippen LogP) is 4.06. The molecule has 0 aliphatic heterocycles. The molecule has 2 aliphatic rings. The van der Waals surface area contributed by atoms with E-state index in [1.807, 2.05) is 0 Å². The summed E-state index contributed by atoms with van der Waals surface area (Å²) in [5.41, 5.74) is 9.68. The molecule has 1 heteroatoms. The maximum atomic E-state index is 6.08. The Balaban J connectivity index is 2.06. The quantitative estimate of drug-likeness (QED) is 0.623. The van der Waals surface area contributed by atoms with Crippen LogP contribution in [-0.2, 0) is 0 Å². The molecular formula is C16H23N. The molecule has 0 aromatic heterocycles. The van der Waals surface area contributed by atoms with Crippen LogP contribution in [0.15, 0.2) is 22.9 Å². The van der Waals surface area contributed by atoms with E-state index in [4.69, 9.17) is 5.73 Å². The Labute approximate surface area is 105 Å². The second-order valence-corrected chi connectivity index (χ2v) is 5.14. The summed E-state index contributed by atoms with van der Waals surface area (Å²) in [7, 11) is 0. The summed E-state index contributed by atoms with van der Waals surface area (Å²) in [6.45, 7) is 0. The molecule has 0 unspecified atom stereocenters. The molecule has 0 spiro atoms. The molecule has 0 aromatic rings. The van der Waals surface area contributed by atoms with Crippen molar-refractivity contribution in [1.82, 2.24) is 0 Å². The highest BCUT2D eigenvalue weighted by Crippen LogP contribution is 2.21. The van der Waals surface area contributed by atoms with Gasteiger partial charge in [-0.15, -0.1) is 0 Å². The molecule has 0 amide bonds. The van der Waals surface area contributed by atoms with Crippen molar-refractivity contribution in [3.8, 4) is 11.8 Å². The Morgan fingerprint density at radius 1 is 0.824 bits per heavy atom. The largest absolute Gasteiger partial charge is 0.401 e. The number of nitrogens with two attached hydrogens (primary N) is 1. The first kappa shape index (κ1) is 12.3. The van der Waals surface area contributed by atoms with E-state index < -0.39 is 0 Å². The minimum absolute atomic E-state index is 1.04. The van der Waals surface area contributed by atoms with Crippen molar-refractivity contribution in [1.29, 1.82) is 0 Å². The first-order valence-electron chi connectivity index (χ1n) is 7.05. The molecule has 0 saturated carbocycles. The zero-order valence-corrected chi connectivity index (χ0v) is 10.7. The first-order chi connectivity index (χ1) is 8.36. The third kappa shape index (κ3) is 3.97.